The van der Waals surface area contributed by atoms with E-state index >= 15 is 0 Å². The molecular weight excluding hydrogens is 164 g/mol. The molecule has 1 aliphatic rings. The van der Waals surface area contributed by atoms with Gasteiger partial charge in [-0.25, -0.2) is 0 Å². The number of β-amino-alcohol motifs (C(OH)–C–C–N with tert-alkyl or cyclic N) is 1. The Morgan fingerprint density at radius 1 is 1.46 bits per heavy atom. The van der Waals surface area contributed by atoms with Crippen LogP contribution in [0, 0.1) is 0 Å². The lowest BCUT2D eigenvalue weighted by molar-refractivity contribution is 0.224. The zero-order valence-electron chi connectivity index (χ0n) is 7.27. The number of aromatic nitrogens is 1. The van der Waals surface area contributed by atoms with Crippen LogP contribution in [0.3, 0.4) is 0 Å². The summed E-state index contributed by atoms with van der Waals surface area (Å²) in [6, 6.07) is 5.72. The number of nitrogens with one attached hydrogen (secondary N) is 1. The molecule has 0 amide bonds. The fourth-order valence-corrected chi connectivity index (χ4v) is 1.46. The fourth-order valence-electron chi connectivity index (χ4n) is 1.46. The summed E-state index contributed by atoms with van der Waals surface area (Å²) in [4.78, 5) is 4.20. The summed E-state index contributed by atoms with van der Waals surface area (Å²) in [5, 5.41) is 12.7. The molecule has 2 N–H and O–H groups in total. The normalized spacial score (nSPS) is 22.5. The molecule has 0 aromatic carbocycles. The third kappa shape index (κ3) is 1.76. The molecule has 1 aliphatic heterocycles. The summed E-state index contributed by atoms with van der Waals surface area (Å²) in [7, 11) is 0. The Balaban J connectivity index is 2.30. The number of hydrogen-bond donors (Lipinski definition) is 2. The van der Waals surface area contributed by atoms with E-state index in [-0.39, 0.29) is 0 Å². The van der Waals surface area contributed by atoms with Crippen molar-refractivity contribution in [2.24, 2.45) is 0 Å². The van der Waals surface area contributed by atoms with Crippen molar-refractivity contribution in [1.29, 1.82) is 0 Å². The van der Waals surface area contributed by atoms with Gasteiger partial charge in [-0.1, -0.05) is 12.1 Å². The van der Waals surface area contributed by atoms with Crippen molar-refractivity contribution >= 4 is 5.57 Å². The van der Waals surface area contributed by atoms with Crippen molar-refractivity contribution in [3.63, 3.8) is 0 Å². The highest BCUT2D eigenvalue weighted by Crippen LogP contribution is 2.17. The highest BCUT2D eigenvalue weighted by Gasteiger charge is 2.16. The van der Waals surface area contributed by atoms with E-state index < -0.39 is 6.10 Å². The summed E-state index contributed by atoms with van der Waals surface area (Å²) >= 11 is 0. The van der Waals surface area contributed by atoms with Gasteiger partial charge in [-0.2, -0.15) is 0 Å². The molecule has 0 spiro atoms. The van der Waals surface area contributed by atoms with Gasteiger partial charge in [0.25, 0.3) is 0 Å². The molecule has 2 rings (SSSR count). The van der Waals surface area contributed by atoms with Gasteiger partial charge < -0.3 is 10.4 Å². The van der Waals surface area contributed by atoms with Crippen molar-refractivity contribution < 1.29 is 5.11 Å². The second kappa shape index (κ2) is 3.68. The zero-order valence-corrected chi connectivity index (χ0v) is 7.27. The zero-order chi connectivity index (χ0) is 9.10. The van der Waals surface area contributed by atoms with Gasteiger partial charge in [0.15, 0.2) is 0 Å². The Labute approximate surface area is 77.1 Å². The van der Waals surface area contributed by atoms with Crippen LogP contribution in [-0.4, -0.2) is 29.3 Å². The summed E-state index contributed by atoms with van der Waals surface area (Å²) < 4.78 is 0. The van der Waals surface area contributed by atoms with Gasteiger partial charge >= 0.3 is 0 Å². The van der Waals surface area contributed by atoms with Gasteiger partial charge in [0, 0.05) is 24.9 Å². The second-order valence-electron chi connectivity index (χ2n) is 3.05. The summed E-state index contributed by atoms with van der Waals surface area (Å²) in [6.07, 6.45) is 3.30. The Bertz CT molecular complexity index is 308. The van der Waals surface area contributed by atoms with Gasteiger partial charge in [0.05, 0.1) is 11.8 Å². The molecule has 3 nitrogen and oxygen atoms in total. The SMILES string of the molecule is OC1CNCC=C1c1ccccn1. The summed E-state index contributed by atoms with van der Waals surface area (Å²) in [5.41, 5.74) is 1.80. The van der Waals surface area contributed by atoms with E-state index in [4.69, 9.17) is 0 Å². The first-order valence-corrected chi connectivity index (χ1v) is 4.38. The monoisotopic (exact) mass is 176 g/mol. The lowest BCUT2D eigenvalue weighted by Gasteiger charge is -2.19. The average Bonchev–Trinajstić information content (AvgIpc) is 2.20. The lowest BCUT2D eigenvalue weighted by Crippen LogP contribution is -2.32. The van der Waals surface area contributed by atoms with E-state index in [0.717, 1.165) is 17.8 Å². The number of aliphatic hydroxyl groups is 1. The van der Waals surface area contributed by atoms with E-state index in [1.807, 2.05) is 24.3 Å². The smallest absolute Gasteiger partial charge is 0.0932 e. The predicted molar refractivity (Wildman–Crippen MR) is 51.1 cm³/mol. The van der Waals surface area contributed by atoms with Gasteiger partial charge in [0.1, 0.15) is 0 Å². The third-order valence-corrected chi connectivity index (χ3v) is 2.12. The van der Waals surface area contributed by atoms with Crippen molar-refractivity contribution in [1.82, 2.24) is 10.3 Å². The largest absolute Gasteiger partial charge is 0.387 e. The lowest BCUT2D eigenvalue weighted by atomic mass is 10.0. The quantitative estimate of drug-likeness (QED) is 0.652. The average molecular weight is 176 g/mol. The van der Waals surface area contributed by atoms with Gasteiger partial charge in [-0.15, -0.1) is 0 Å². The van der Waals surface area contributed by atoms with Crippen LogP contribution in [0.1, 0.15) is 5.69 Å². The first-order chi connectivity index (χ1) is 6.38. The van der Waals surface area contributed by atoms with Crippen LogP contribution < -0.4 is 5.32 Å². The number of pyridine rings is 1. The van der Waals surface area contributed by atoms with Crippen LogP contribution in [0.15, 0.2) is 30.5 Å². The Morgan fingerprint density at radius 2 is 2.38 bits per heavy atom. The number of nitrogens with zero attached hydrogens (tertiary/aromatic N) is 1. The first kappa shape index (κ1) is 8.41. The maximum atomic E-state index is 9.65. The van der Waals surface area contributed by atoms with Crippen LogP contribution in [-0.2, 0) is 0 Å². The molecule has 1 aromatic rings. The van der Waals surface area contributed by atoms with Crippen molar-refractivity contribution in [2.45, 2.75) is 6.10 Å². The van der Waals surface area contributed by atoms with Crippen LogP contribution >= 0.6 is 0 Å². The molecule has 68 valence electrons. The molecule has 1 atom stereocenters. The maximum Gasteiger partial charge on any atom is 0.0932 e. The van der Waals surface area contributed by atoms with Crippen molar-refractivity contribution in [3.8, 4) is 0 Å². The van der Waals surface area contributed by atoms with E-state index in [2.05, 4.69) is 10.3 Å². The maximum absolute atomic E-state index is 9.65. The Kier molecular flexibility index (Phi) is 2.38. The fraction of sp³-hybridized carbons (Fsp3) is 0.300. The molecule has 0 bridgehead atoms. The van der Waals surface area contributed by atoms with Crippen molar-refractivity contribution in [3.05, 3.63) is 36.2 Å². The van der Waals surface area contributed by atoms with Crippen LogP contribution in [0.2, 0.25) is 0 Å². The minimum atomic E-state index is -0.427. The number of rotatable bonds is 1. The van der Waals surface area contributed by atoms with E-state index in [0.29, 0.717) is 6.54 Å². The van der Waals surface area contributed by atoms with E-state index in [1.54, 1.807) is 6.20 Å². The Morgan fingerprint density at radius 3 is 3.08 bits per heavy atom. The van der Waals surface area contributed by atoms with Gasteiger partial charge in [-0.05, 0) is 12.1 Å². The van der Waals surface area contributed by atoms with Gasteiger partial charge in [-0.3, -0.25) is 4.98 Å². The minimum absolute atomic E-state index is 0.427. The molecular formula is C10H12N2O. The molecule has 0 radical (unpaired) electrons. The topological polar surface area (TPSA) is 45.1 Å². The van der Waals surface area contributed by atoms with Crippen LogP contribution in [0.4, 0.5) is 0 Å². The Hall–Kier alpha value is -1.19. The van der Waals surface area contributed by atoms with E-state index in [9.17, 15) is 5.11 Å². The highest BCUT2D eigenvalue weighted by molar-refractivity contribution is 5.66. The molecule has 1 aromatic heterocycles. The molecule has 3 heteroatoms. The van der Waals surface area contributed by atoms with Crippen molar-refractivity contribution in [2.75, 3.05) is 13.1 Å². The highest BCUT2D eigenvalue weighted by atomic mass is 16.3. The predicted octanol–water partition coefficient (Wildman–Crippen LogP) is 0.429. The first-order valence-electron chi connectivity index (χ1n) is 4.38. The second-order valence-corrected chi connectivity index (χ2v) is 3.05. The third-order valence-electron chi connectivity index (χ3n) is 2.12. The van der Waals surface area contributed by atoms with E-state index in [1.165, 1.54) is 0 Å². The number of hydrogen-bond acceptors (Lipinski definition) is 3. The molecule has 0 saturated heterocycles. The van der Waals surface area contributed by atoms with Gasteiger partial charge in [0.2, 0.25) is 0 Å². The van der Waals surface area contributed by atoms with Crippen LogP contribution in [0.5, 0.6) is 0 Å². The summed E-state index contributed by atoms with van der Waals surface area (Å²) in [6.45, 7) is 1.42. The standard InChI is InChI=1S/C10H12N2O/c13-10-7-11-6-4-8(10)9-3-1-2-5-12-9/h1-5,10-11,13H,6-7H2. The molecule has 2 heterocycles. The van der Waals surface area contributed by atoms with Crippen LogP contribution in [0.25, 0.3) is 5.57 Å². The molecule has 0 saturated carbocycles. The molecule has 13 heavy (non-hydrogen) atoms. The molecule has 1 unspecified atom stereocenters. The molecule has 0 aliphatic carbocycles. The molecule has 0 fully saturated rings. The summed E-state index contributed by atoms with van der Waals surface area (Å²) in [5.74, 6) is 0. The minimum Gasteiger partial charge on any atom is -0.387 e. The number of aliphatic hydroxyl groups excluding tert-OH is 1.